The maximum Gasteiger partial charge on any atom is 0.256 e. The number of hydrogen-bond acceptors (Lipinski definition) is 3. The van der Waals surface area contributed by atoms with Gasteiger partial charge in [-0.15, -0.1) is 0 Å². The van der Waals surface area contributed by atoms with Crippen LogP contribution in [-0.4, -0.2) is 22.1 Å². The molecule has 0 aliphatic carbocycles. The van der Waals surface area contributed by atoms with Crippen molar-refractivity contribution in [1.82, 2.24) is 14.9 Å². The fraction of sp³-hybridized carbons (Fsp3) is 0.143. The molecule has 0 aliphatic rings. The quantitative estimate of drug-likeness (QED) is 0.598. The van der Waals surface area contributed by atoms with Gasteiger partial charge in [0, 0.05) is 6.20 Å². The number of ether oxygens (including phenoxy) is 1. The number of pyridine rings is 1. The van der Waals surface area contributed by atoms with Crippen molar-refractivity contribution in [1.29, 1.82) is 0 Å². The first-order chi connectivity index (χ1) is 12.8. The Morgan fingerprint density at radius 2 is 1.96 bits per heavy atom. The summed E-state index contributed by atoms with van der Waals surface area (Å²) in [6.07, 6.45) is 1.89. The molecule has 130 valence electrons. The molecule has 5 heteroatoms. The molecule has 2 aromatic heterocycles. The van der Waals surface area contributed by atoms with Crippen molar-refractivity contribution in [2.75, 3.05) is 6.61 Å². The third kappa shape index (κ3) is 2.99. The lowest BCUT2D eigenvalue weighted by Gasteiger charge is -2.13. The van der Waals surface area contributed by atoms with Crippen molar-refractivity contribution >= 4 is 22.2 Å². The number of carbonyl (C=O) groups excluding carboxylic acids is 1. The van der Waals surface area contributed by atoms with Crippen LogP contribution in [0.25, 0.3) is 16.3 Å². The lowest BCUT2D eigenvalue weighted by atomic mass is 10.0. The molecule has 5 nitrogen and oxygen atoms in total. The Labute approximate surface area is 151 Å². The highest BCUT2D eigenvalue weighted by Gasteiger charge is 2.16. The highest BCUT2D eigenvalue weighted by Crippen LogP contribution is 2.28. The highest BCUT2D eigenvalue weighted by atomic mass is 16.5. The number of rotatable bonds is 5. The highest BCUT2D eigenvalue weighted by molar-refractivity contribution is 6.09. The summed E-state index contributed by atoms with van der Waals surface area (Å²) in [4.78, 5) is 12.9. The number of nitrogens with zero attached hydrogens (tertiary/aromatic N) is 2. The van der Waals surface area contributed by atoms with Crippen molar-refractivity contribution in [2.24, 2.45) is 0 Å². The van der Waals surface area contributed by atoms with Crippen LogP contribution in [0.3, 0.4) is 0 Å². The van der Waals surface area contributed by atoms with Gasteiger partial charge in [-0.2, -0.15) is 5.10 Å². The van der Waals surface area contributed by atoms with Crippen molar-refractivity contribution in [2.45, 2.75) is 13.5 Å². The molecule has 4 aromatic rings. The van der Waals surface area contributed by atoms with Crippen LogP contribution in [0.15, 0.2) is 66.9 Å². The predicted octanol–water partition coefficient (Wildman–Crippen LogP) is 3.82. The second-order valence-electron chi connectivity index (χ2n) is 5.98. The average molecular weight is 345 g/mol. The van der Waals surface area contributed by atoms with Crippen LogP contribution in [-0.2, 0) is 6.54 Å². The summed E-state index contributed by atoms with van der Waals surface area (Å²) in [7, 11) is 0. The van der Waals surface area contributed by atoms with E-state index in [4.69, 9.17) is 4.74 Å². The van der Waals surface area contributed by atoms with Crippen LogP contribution in [0.5, 0.6) is 5.75 Å². The molecule has 0 bridgehead atoms. The molecule has 0 aliphatic heterocycles. The van der Waals surface area contributed by atoms with Crippen molar-refractivity contribution in [3.8, 4) is 5.75 Å². The van der Waals surface area contributed by atoms with Gasteiger partial charge in [0.15, 0.2) is 0 Å². The largest absolute Gasteiger partial charge is 0.493 e. The molecule has 26 heavy (non-hydrogen) atoms. The summed E-state index contributed by atoms with van der Waals surface area (Å²) in [5.74, 6) is 0.431. The molecular weight excluding hydrogens is 326 g/mol. The predicted molar refractivity (Wildman–Crippen MR) is 101 cm³/mol. The smallest absolute Gasteiger partial charge is 0.256 e. The molecule has 0 radical (unpaired) electrons. The number of hydrogen-bond donors (Lipinski definition) is 1. The monoisotopic (exact) mass is 345 g/mol. The summed E-state index contributed by atoms with van der Waals surface area (Å²) < 4.78 is 7.48. The first-order valence-corrected chi connectivity index (χ1v) is 8.62. The summed E-state index contributed by atoms with van der Waals surface area (Å²) in [5.41, 5.74) is 2.37. The maximum atomic E-state index is 12.9. The van der Waals surface area contributed by atoms with Gasteiger partial charge in [0.1, 0.15) is 5.75 Å². The Kier molecular flexibility index (Phi) is 4.27. The van der Waals surface area contributed by atoms with E-state index < -0.39 is 0 Å². The van der Waals surface area contributed by atoms with Crippen molar-refractivity contribution < 1.29 is 9.53 Å². The normalized spacial score (nSPS) is 11.0. The van der Waals surface area contributed by atoms with Crippen LogP contribution < -0.4 is 10.1 Å². The van der Waals surface area contributed by atoms with E-state index in [0.717, 1.165) is 22.0 Å². The van der Waals surface area contributed by atoms with E-state index in [2.05, 4.69) is 10.4 Å². The van der Waals surface area contributed by atoms with Crippen LogP contribution in [0.4, 0.5) is 0 Å². The summed E-state index contributed by atoms with van der Waals surface area (Å²) in [6.45, 7) is 2.77. The van der Waals surface area contributed by atoms with E-state index in [1.165, 1.54) is 0 Å². The van der Waals surface area contributed by atoms with Gasteiger partial charge in [0.25, 0.3) is 5.91 Å². The molecule has 0 fully saturated rings. The van der Waals surface area contributed by atoms with Gasteiger partial charge < -0.3 is 10.1 Å². The fourth-order valence-electron chi connectivity index (χ4n) is 3.10. The minimum Gasteiger partial charge on any atom is -0.493 e. The molecule has 2 aromatic carbocycles. The summed E-state index contributed by atoms with van der Waals surface area (Å²) in [5, 5.41) is 9.33. The second-order valence-corrected chi connectivity index (χ2v) is 5.98. The van der Waals surface area contributed by atoms with Crippen LogP contribution in [0.1, 0.15) is 23.0 Å². The van der Waals surface area contributed by atoms with Gasteiger partial charge in [0.05, 0.1) is 29.9 Å². The number of nitrogens with one attached hydrogen (secondary N) is 1. The van der Waals surface area contributed by atoms with Crippen molar-refractivity contribution in [3.05, 3.63) is 78.1 Å². The standard InChI is InChI=1S/C21H19N3O2/c1-2-26-19-11-10-15-7-3-4-9-18(15)20(19)21(25)22-14-16-13-17-8-5-6-12-24(17)23-16/h3-13H,2,14H2,1H3,(H,22,25). The van der Waals surface area contributed by atoms with Crippen molar-refractivity contribution in [3.63, 3.8) is 0 Å². The number of aromatic nitrogens is 2. The SMILES string of the molecule is CCOc1ccc2ccccc2c1C(=O)NCc1cc2ccccn2n1. The first-order valence-electron chi connectivity index (χ1n) is 8.62. The number of carbonyl (C=O) groups is 1. The fourth-order valence-corrected chi connectivity index (χ4v) is 3.10. The Morgan fingerprint density at radius 3 is 2.81 bits per heavy atom. The molecule has 0 atom stereocenters. The topological polar surface area (TPSA) is 55.6 Å². The Bertz CT molecular complexity index is 1050. The van der Waals surface area contributed by atoms with E-state index >= 15 is 0 Å². The molecule has 0 saturated heterocycles. The summed E-state index contributed by atoms with van der Waals surface area (Å²) in [6, 6.07) is 19.5. The minimum atomic E-state index is -0.165. The Morgan fingerprint density at radius 1 is 1.12 bits per heavy atom. The van der Waals surface area contributed by atoms with E-state index in [-0.39, 0.29) is 5.91 Å². The van der Waals surface area contributed by atoms with E-state index in [9.17, 15) is 4.79 Å². The maximum absolute atomic E-state index is 12.9. The molecule has 0 unspecified atom stereocenters. The number of benzene rings is 2. The Balaban J connectivity index is 1.63. The van der Waals surface area contributed by atoms with Gasteiger partial charge in [-0.05, 0) is 42.0 Å². The first kappa shape index (κ1) is 16.1. The number of amides is 1. The lowest BCUT2D eigenvalue weighted by molar-refractivity contribution is 0.0948. The minimum absolute atomic E-state index is 0.165. The molecule has 2 heterocycles. The zero-order valence-corrected chi connectivity index (χ0v) is 14.5. The lowest BCUT2D eigenvalue weighted by Crippen LogP contribution is -2.24. The van der Waals surface area contributed by atoms with Crippen LogP contribution in [0, 0.1) is 0 Å². The van der Waals surface area contributed by atoms with Gasteiger partial charge >= 0.3 is 0 Å². The molecule has 1 amide bonds. The van der Waals surface area contributed by atoms with Crippen LogP contribution >= 0.6 is 0 Å². The molecule has 0 saturated carbocycles. The summed E-state index contributed by atoms with van der Waals surface area (Å²) >= 11 is 0. The van der Waals surface area contributed by atoms with E-state index in [1.807, 2.05) is 73.8 Å². The van der Waals surface area contributed by atoms with Gasteiger partial charge in [-0.25, -0.2) is 4.52 Å². The third-order valence-corrected chi connectivity index (χ3v) is 4.27. The zero-order valence-electron chi connectivity index (χ0n) is 14.5. The van der Waals surface area contributed by atoms with Gasteiger partial charge in [-0.3, -0.25) is 4.79 Å². The van der Waals surface area contributed by atoms with Gasteiger partial charge in [-0.1, -0.05) is 36.4 Å². The third-order valence-electron chi connectivity index (χ3n) is 4.27. The molecule has 4 rings (SSSR count). The van der Waals surface area contributed by atoms with Crippen LogP contribution in [0.2, 0.25) is 0 Å². The molecular formula is C21H19N3O2. The number of fused-ring (bicyclic) bond motifs is 2. The van der Waals surface area contributed by atoms with E-state index in [1.54, 1.807) is 4.52 Å². The van der Waals surface area contributed by atoms with Gasteiger partial charge in [0.2, 0.25) is 0 Å². The molecule has 1 N–H and O–H groups in total. The van der Waals surface area contributed by atoms with E-state index in [0.29, 0.717) is 24.5 Å². The Hall–Kier alpha value is -3.34. The zero-order chi connectivity index (χ0) is 17.9. The average Bonchev–Trinajstić information content (AvgIpc) is 3.09. The second kappa shape index (κ2) is 6.88. The molecule has 0 spiro atoms.